The van der Waals surface area contributed by atoms with E-state index in [0.717, 1.165) is 43.6 Å². The number of nitrogens with zero attached hydrogens (tertiary/aromatic N) is 2. The third-order valence-electron chi connectivity index (χ3n) is 19.9. The molecule has 0 atom stereocenters. The zero-order valence-electron chi connectivity index (χ0n) is 55.2. The fraction of sp³-hybridized carbons (Fsp3) is 0. The molecule has 2 aromatic heterocycles. The van der Waals surface area contributed by atoms with Gasteiger partial charge in [0.1, 0.15) is 0 Å². The van der Waals surface area contributed by atoms with Gasteiger partial charge in [-0.15, -0.1) is 0 Å². The fourth-order valence-corrected chi connectivity index (χ4v) is 28.4. The largest absolute Gasteiger partial charge is 0.309 e. The highest BCUT2D eigenvalue weighted by Crippen LogP contribution is 2.51. The van der Waals surface area contributed by atoms with Gasteiger partial charge in [-0.25, -0.2) is 0 Å². The molecule has 0 fully saturated rings. The lowest BCUT2D eigenvalue weighted by atomic mass is 10.1. The minimum atomic E-state index is -3.84. The molecule has 15 aromatic carbocycles. The van der Waals surface area contributed by atoms with Crippen molar-refractivity contribution in [2.45, 2.75) is 0 Å². The maximum atomic E-state index is 17.5. The first-order valence-corrected chi connectivity index (χ1v) is 42.4. The summed E-state index contributed by atoms with van der Waals surface area (Å²) in [4.78, 5) is 0. The topological polar surface area (TPSA) is 95.2 Å². The molecule has 2 heterocycles. The number of fused-ring (bicyclic) bond motifs is 6. The second kappa shape index (κ2) is 26.2. The molecule has 0 unspecified atom stereocenters. The standard InChI is InChI=1S/C90H65N2O5P5/c93-98(68-31-11-1-12-32-68,69-33-13-2-14-34-69)78-51-55-87-83(62-78)84-63-79(99(94,70-35-15-3-16-36-70)71-37-17-4-18-38-71)52-56-88(84)91(87)66-59-67(61-82(60-66)102(97,76-47-27-9-28-48-76)77-49-29-10-30-50-77)92-89-57-53-80(100(95,72-39-19-5-20-40-72)73-41-21-6-22-42-73)64-85(89)86-65-81(54-58-90(86)92)101(96,74-43-23-7-24-44-74)75-45-25-8-26-46-75/h1-65H. The van der Waals surface area contributed by atoms with Gasteiger partial charge in [0.15, 0.2) is 35.7 Å². The molecule has 0 saturated heterocycles. The van der Waals surface area contributed by atoms with Crippen LogP contribution >= 0.6 is 35.7 Å². The van der Waals surface area contributed by atoms with Crippen molar-refractivity contribution in [2.24, 2.45) is 0 Å². The summed E-state index contributed by atoms with van der Waals surface area (Å²) in [5.41, 5.74) is 4.37. The van der Waals surface area contributed by atoms with Gasteiger partial charge in [-0.1, -0.05) is 303 Å². The Hall–Kier alpha value is -11.0. The maximum absolute atomic E-state index is 17.5. The third kappa shape index (κ3) is 10.6. The zero-order chi connectivity index (χ0) is 69.1. The highest BCUT2D eigenvalue weighted by Gasteiger charge is 2.37. The van der Waals surface area contributed by atoms with E-state index in [-0.39, 0.29) is 0 Å². The molecule has 0 aliphatic rings. The minimum absolute atomic E-state index is 0.546. The smallest absolute Gasteiger partial charge is 0.171 e. The number of hydrogen-bond donors (Lipinski definition) is 0. The third-order valence-corrected chi connectivity index (χ3v) is 35.1. The highest BCUT2D eigenvalue weighted by molar-refractivity contribution is 7.87. The van der Waals surface area contributed by atoms with Gasteiger partial charge >= 0.3 is 0 Å². The molecule has 0 bridgehead atoms. The molecule has 12 heteroatoms. The van der Waals surface area contributed by atoms with Crippen LogP contribution in [0.2, 0.25) is 0 Å². The zero-order valence-corrected chi connectivity index (χ0v) is 59.7. The minimum Gasteiger partial charge on any atom is -0.309 e. The summed E-state index contributed by atoms with van der Waals surface area (Å²) in [7, 11) is -18.2. The highest BCUT2D eigenvalue weighted by atomic mass is 31.2. The monoisotopic (exact) mass is 1410 g/mol. The lowest BCUT2D eigenvalue weighted by Crippen LogP contribution is -2.26. The maximum Gasteiger partial charge on any atom is 0.171 e. The molecule has 102 heavy (non-hydrogen) atoms. The van der Waals surface area contributed by atoms with Crippen LogP contribution in [0.25, 0.3) is 55.0 Å². The molecule has 7 nitrogen and oxygen atoms in total. The summed E-state index contributed by atoms with van der Waals surface area (Å²) < 4.78 is 88.3. The van der Waals surface area contributed by atoms with Gasteiger partial charge in [0, 0.05) is 112 Å². The Balaban J connectivity index is 0.996. The van der Waals surface area contributed by atoms with Gasteiger partial charge in [0.2, 0.25) is 0 Å². The molecule has 0 N–H and O–H groups in total. The van der Waals surface area contributed by atoms with Crippen LogP contribution in [-0.2, 0) is 22.8 Å². The van der Waals surface area contributed by atoms with Crippen LogP contribution in [0.3, 0.4) is 0 Å². The fourth-order valence-electron chi connectivity index (χ4n) is 15.0. The first-order valence-electron chi connectivity index (χ1n) is 33.9. The summed E-state index contributed by atoms with van der Waals surface area (Å²) in [6.07, 6.45) is 0. The quantitative estimate of drug-likeness (QED) is 0.0847. The SMILES string of the molecule is O=P(c1ccccc1)(c1ccccc1)c1cc(-n2c3ccc(P(=O)(c4ccccc4)c4ccccc4)cc3c3cc(P(=O)(c4ccccc4)c4ccccc4)ccc32)cc(-n2c3ccc(P(=O)(c4ccccc4)c4ccccc4)cc3c3cc(P(=O)(c4ccccc4)c4ccccc4)ccc32)c1. The Morgan fingerprint density at radius 1 is 0.147 bits per heavy atom. The molecule has 0 aliphatic heterocycles. The predicted octanol–water partition coefficient (Wildman–Crippen LogP) is 16.1. The second-order valence-electron chi connectivity index (χ2n) is 25.6. The molecular weight excluding hydrogens is 1340 g/mol. The van der Waals surface area contributed by atoms with Gasteiger partial charge in [-0.3, -0.25) is 0 Å². The second-order valence-corrected chi connectivity index (χ2v) is 39.4. The van der Waals surface area contributed by atoms with Gasteiger partial charge in [0.05, 0.1) is 22.1 Å². The number of aromatic nitrogens is 2. The Bertz CT molecular complexity index is 5410. The molecule has 0 spiro atoms. The Morgan fingerprint density at radius 3 is 0.471 bits per heavy atom. The molecule has 0 radical (unpaired) electrons. The van der Waals surface area contributed by atoms with Crippen molar-refractivity contribution < 1.29 is 22.8 Å². The Labute approximate surface area is 592 Å². The van der Waals surface area contributed by atoms with Crippen molar-refractivity contribution in [2.75, 3.05) is 0 Å². The summed E-state index contributed by atoms with van der Waals surface area (Å²) >= 11 is 0. The Kier molecular flexibility index (Phi) is 16.6. The van der Waals surface area contributed by atoms with Gasteiger partial charge < -0.3 is 32.0 Å². The van der Waals surface area contributed by atoms with Crippen molar-refractivity contribution in [3.8, 4) is 11.4 Å². The van der Waals surface area contributed by atoms with E-state index in [9.17, 15) is 0 Å². The lowest BCUT2D eigenvalue weighted by Gasteiger charge is -2.23. The van der Waals surface area contributed by atoms with Gasteiger partial charge in [0.25, 0.3) is 0 Å². The molecule has 17 rings (SSSR count). The molecule has 0 saturated carbocycles. The summed E-state index contributed by atoms with van der Waals surface area (Å²) in [5.74, 6) is 0. The number of benzene rings is 15. The average molecular weight is 1410 g/mol. The lowest BCUT2D eigenvalue weighted by molar-refractivity contribution is 0.591. The Morgan fingerprint density at radius 2 is 0.304 bits per heavy atom. The van der Waals surface area contributed by atoms with E-state index in [2.05, 4.69) is 75.9 Å². The van der Waals surface area contributed by atoms with Crippen LogP contribution in [0.5, 0.6) is 0 Å². The first-order chi connectivity index (χ1) is 50.0. The molecule has 0 amide bonds. The van der Waals surface area contributed by atoms with Gasteiger partial charge in [-0.05, 0) is 91.0 Å². The first kappa shape index (κ1) is 64.4. The molecular formula is C90H65N2O5P5. The van der Waals surface area contributed by atoms with Crippen LogP contribution in [-0.4, -0.2) is 9.13 Å². The number of hydrogen-bond acceptors (Lipinski definition) is 5. The van der Waals surface area contributed by atoms with E-state index in [1.54, 1.807) is 0 Å². The molecule has 0 aliphatic carbocycles. The van der Waals surface area contributed by atoms with Crippen molar-refractivity contribution in [3.05, 3.63) is 394 Å². The average Bonchev–Trinajstić information content (AvgIpc) is 1.57. The van der Waals surface area contributed by atoms with Crippen molar-refractivity contribution in [3.63, 3.8) is 0 Å². The number of rotatable bonds is 17. The molecule has 490 valence electrons. The van der Waals surface area contributed by atoms with Crippen LogP contribution in [0.1, 0.15) is 0 Å². The normalized spacial score (nSPS) is 12.3. The van der Waals surface area contributed by atoms with Crippen molar-refractivity contribution >= 4 is 159 Å². The van der Waals surface area contributed by atoms with Crippen LogP contribution < -0.4 is 79.6 Å². The summed E-state index contributed by atoms with van der Waals surface area (Å²) in [6, 6.07) is 127. The van der Waals surface area contributed by atoms with Crippen molar-refractivity contribution in [1.29, 1.82) is 0 Å². The van der Waals surface area contributed by atoms with Crippen LogP contribution in [0.4, 0.5) is 0 Å². The van der Waals surface area contributed by atoms with E-state index in [4.69, 9.17) is 0 Å². The van der Waals surface area contributed by atoms with E-state index < -0.39 is 35.7 Å². The van der Waals surface area contributed by atoms with E-state index in [1.165, 1.54) is 0 Å². The summed E-state index contributed by atoms with van der Waals surface area (Å²) in [5, 5.41) is 12.8. The predicted molar refractivity (Wildman–Crippen MR) is 432 cm³/mol. The molecule has 17 aromatic rings. The van der Waals surface area contributed by atoms with E-state index >= 15 is 22.8 Å². The van der Waals surface area contributed by atoms with Crippen LogP contribution in [0, 0.1) is 0 Å². The van der Waals surface area contributed by atoms with E-state index in [0.29, 0.717) is 90.9 Å². The summed E-state index contributed by atoms with van der Waals surface area (Å²) in [6.45, 7) is 0. The van der Waals surface area contributed by atoms with Crippen LogP contribution in [0.15, 0.2) is 394 Å². The van der Waals surface area contributed by atoms with E-state index in [1.807, 2.05) is 328 Å². The van der Waals surface area contributed by atoms with Crippen molar-refractivity contribution in [1.82, 2.24) is 9.13 Å². The van der Waals surface area contributed by atoms with Gasteiger partial charge in [-0.2, -0.15) is 0 Å².